The van der Waals surface area contributed by atoms with Crippen LogP contribution in [0, 0.1) is 5.92 Å². The van der Waals surface area contributed by atoms with Crippen molar-refractivity contribution in [3.8, 4) is 11.5 Å². The molecule has 1 aliphatic rings. The highest BCUT2D eigenvalue weighted by atomic mass is 16.5. The van der Waals surface area contributed by atoms with Gasteiger partial charge in [0.15, 0.2) is 0 Å². The zero-order valence-electron chi connectivity index (χ0n) is 18.6. The first-order chi connectivity index (χ1) is 15.4. The molecule has 2 N–H and O–H groups in total. The molecule has 1 fully saturated rings. The van der Waals surface area contributed by atoms with Gasteiger partial charge < -0.3 is 25.0 Å². The van der Waals surface area contributed by atoms with Crippen molar-refractivity contribution in [1.82, 2.24) is 15.5 Å². The molecule has 32 heavy (non-hydrogen) atoms. The Morgan fingerprint density at radius 1 is 0.938 bits per heavy atom. The molecule has 1 aliphatic heterocycles. The summed E-state index contributed by atoms with van der Waals surface area (Å²) in [7, 11) is 4.68. The van der Waals surface area contributed by atoms with Gasteiger partial charge in [-0.15, -0.1) is 0 Å². The maximum absolute atomic E-state index is 12.9. The van der Waals surface area contributed by atoms with Gasteiger partial charge in [0.05, 0.1) is 14.2 Å². The van der Waals surface area contributed by atoms with Crippen molar-refractivity contribution in [1.29, 1.82) is 0 Å². The molecule has 3 amide bonds. The standard InChI is InChI=1S/C24H29N3O5/c1-25-22(28)17-6-4-16(5-7-17)15-26-23(29)18-8-10-27(11-9-18)24(30)19-12-20(31-2)14-21(13-19)32-3/h4-7,12-14,18H,8-11,15H2,1-3H3,(H,25,28)(H,26,29). The molecule has 8 nitrogen and oxygen atoms in total. The lowest BCUT2D eigenvalue weighted by Crippen LogP contribution is -2.42. The molecule has 2 aromatic carbocycles. The van der Waals surface area contributed by atoms with Crippen LogP contribution in [-0.2, 0) is 11.3 Å². The van der Waals surface area contributed by atoms with Crippen LogP contribution >= 0.6 is 0 Å². The fourth-order valence-electron chi connectivity index (χ4n) is 3.71. The van der Waals surface area contributed by atoms with Crippen molar-refractivity contribution in [2.75, 3.05) is 34.4 Å². The quantitative estimate of drug-likeness (QED) is 0.690. The highest BCUT2D eigenvalue weighted by Gasteiger charge is 2.28. The van der Waals surface area contributed by atoms with Gasteiger partial charge in [-0.3, -0.25) is 14.4 Å². The molecule has 0 bridgehead atoms. The van der Waals surface area contributed by atoms with Crippen molar-refractivity contribution in [2.24, 2.45) is 5.92 Å². The fraction of sp³-hybridized carbons (Fsp3) is 0.375. The zero-order chi connectivity index (χ0) is 23.1. The molecule has 8 heteroatoms. The second-order valence-electron chi connectivity index (χ2n) is 7.66. The van der Waals surface area contributed by atoms with Crippen LogP contribution in [0.3, 0.4) is 0 Å². The summed E-state index contributed by atoms with van der Waals surface area (Å²) in [5.74, 6) is 0.724. The molecule has 1 heterocycles. The van der Waals surface area contributed by atoms with Crippen molar-refractivity contribution in [3.63, 3.8) is 0 Å². The number of methoxy groups -OCH3 is 2. The Labute approximate surface area is 187 Å². The topological polar surface area (TPSA) is 97.0 Å². The molecule has 0 aromatic heterocycles. The summed E-state index contributed by atoms with van der Waals surface area (Å²) in [4.78, 5) is 38.9. The Morgan fingerprint density at radius 2 is 1.53 bits per heavy atom. The lowest BCUT2D eigenvalue weighted by atomic mass is 9.95. The van der Waals surface area contributed by atoms with Gasteiger partial charge in [0.25, 0.3) is 11.8 Å². The smallest absolute Gasteiger partial charge is 0.254 e. The lowest BCUT2D eigenvalue weighted by Gasteiger charge is -2.31. The number of ether oxygens (including phenoxy) is 2. The minimum atomic E-state index is -0.144. The van der Waals surface area contributed by atoms with Crippen LogP contribution in [-0.4, -0.2) is 57.0 Å². The average molecular weight is 440 g/mol. The van der Waals surface area contributed by atoms with E-state index in [0.29, 0.717) is 55.1 Å². The Balaban J connectivity index is 1.51. The lowest BCUT2D eigenvalue weighted by molar-refractivity contribution is -0.126. The van der Waals surface area contributed by atoms with Gasteiger partial charge in [0, 0.05) is 49.8 Å². The summed E-state index contributed by atoms with van der Waals surface area (Å²) < 4.78 is 10.5. The molecule has 0 atom stereocenters. The van der Waals surface area contributed by atoms with E-state index in [1.807, 2.05) is 12.1 Å². The first kappa shape index (κ1) is 23.1. The molecular weight excluding hydrogens is 410 g/mol. The number of carbonyl (C=O) groups excluding carboxylic acids is 3. The molecular formula is C24H29N3O5. The number of piperidine rings is 1. The van der Waals surface area contributed by atoms with E-state index in [1.165, 1.54) is 0 Å². The van der Waals surface area contributed by atoms with E-state index in [-0.39, 0.29) is 23.6 Å². The second-order valence-corrected chi connectivity index (χ2v) is 7.66. The average Bonchev–Trinajstić information content (AvgIpc) is 2.86. The van der Waals surface area contributed by atoms with E-state index in [0.717, 1.165) is 5.56 Å². The largest absolute Gasteiger partial charge is 0.497 e. The number of carbonyl (C=O) groups is 3. The summed E-state index contributed by atoms with van der Waals surface area (Å²) >= 11 is 0. The van der Waals surface area contributed by atoms with E-state index in [1.54, 1.807) is 56.5 Å². The van der Waals surface area contributed by atoms with Gasteiger partial charge in [-0.25, -0.2) is 0 Å². The highest BCUT2D eigenvalue weighted by molar-refractivity contribution is 5.95. The molecule has 0 aliphatic carbocycles. The number of hydrogen-bond acceptors (Lipinski definition) is 5. The second kappa shape index (κ2) is 10.7. The number of hydrogen-bond donors (Lipinski definition) is 2. The van der Waals surface area contributed by atoms with Gasteiger partial charge in [0.1, 0.15) is 11.5 Å². The maximum Gasteiger partial charge on any atom is 0.254 e. The number of rotatable bonds is 7. The molecule has 1 saturated heterocycles. The minimum absolute atomic E-state index is 0.0180. The number of likely N-dealkylation sites (tertiary alicyclic amines) is 1. The number of nitrogens with zero attached hydrogens (tertiary/aromatic N) is 1. The molecule has 0 saturated carbocycles. The van der Waals surface area contributed by atoms with Gasteiger partial charge in [0.2, 0.25) is 5.91 Å². The van der Waals surface area contributed by atoms with Crippen molar-refractivity contribution in [2.45, 2.75) is 19.4 Å². The third-order valence-corrected chi connectivity index (χ3v) is 5.66. The number of nitrogens with one attached hydrogen (secondary N) is 2. The van der Waals surface area contributed by atoms with E-state index >= 15 is 0 Å². The summed E-state index contributed by atoms with van der Waals surface area (Å²) in [6.07, 6.45) is 1.21. The Kier molecular flexibility index (Phi) is 7.70. The Hall–Kier alpha value is -3.55. The monoisotopic (exact) mass is 439 g/mol. The molecule has 0 radical (unpaired) electrons. The third kappa shape index (κ3) is 5.57. The SMILES string of the molecule is CNC(=O)c1ccc(CNC(=O)C2CCN(C(=O)c3cc(OC)cc(OC)c3)CC2)cc1. The minimum Gasteiger partial charge on any atom is -0.497 e. The molecule has 0 unspecified atom stereocenters. The van der Waals surface area contributed by atoms with Gasteiger partial charge in [-0.2, -0.15) is 0 Å². The first-order valence-electron chi connectivity index (χ1n) is 10.6. The van der Waals surface area contributed by atoms with Crippen molar-refractivity contribution < 1.29 is 23.9 Å². The summed E-state index contributed by atoms with van der Waals surface area (Å²) in [5, 5.41) is 5.54. The predicted molar refractivity (Wildman–Crippen MR) is 120 cm³/mol. The van der Waals surface area contributed by atoms with Crippen LogP contribution < -0.4 is 20.1 Å². The van der Waals surface area contributed by atoms with Crippen LogP contribution in [0.25, 0.3) is 0 Å². The summed E-state index contributed by atoms with van der Waals surface area (Å²) in [5.41, 5.74) is 2.00. The maximum atomic E-state index is 12.9. The molecule has 170 valence electrons. The summed E-state index contributed by atoms with van der Waals surface area (Å²) in [6.45, 7) is 1.42. The zero-order valence-corrected chi connectivity index (χ0v) is 18.6. The van der Waals surface area contributed by atoms with Gasteiger partial charge in [-0.05, 0) is 42.7 Å². The van der Waals surface area contributed by atoms with E-state index < -0.39 is 0 Å². The molecule has 3 rings (SSSR count). The number of benzene rings is 2. The van der Waals surface area contributed by atoms with E-state index in [4.69, 9.17) is 9.47 Å². The Morgan fingerprint density at radius 3 is 2.06 bits per heavy atom. The van der Waals surface area contributed by atoms with Crippen LogP contribution in [0.5, 0.6) is 11.5 Å². The van der Waals surface area contributed by atoms with E-state index in [2.05, 4.69) is 10.6 Å². The predicted octanol–water partition coefficient (Wildman–Crippen LogP) is 2.23. The van der Waals surface area contributed by atoms with Crippen LogP contribution in [0.2, 0.25) is 0 Å². The molecule has 0 spiro atoms. The normalized spacial score (nSPS) is 13.9. The van der Waals surface area contributed by atoms with Crippen molar-refractivity contribution in [3.05, 3.63) is 59.2 Å². The van der Waals surface area contributed by atoms with Crippen LogP contribution in [0.15, 0.2) is 42.5 Å². The number of amides is 3. The van der Waals surface area contributed by atoms with Crippen LogP contribution in [0.4, 0.5) is 0 Å². The highest BCUT2D eigenvalue weighted by Crippen LogP contribution is 2.25. The third-order valence-electron chi connectivity index (χ3n) is 5.66. The fourth-order valence-corrected chi connectivity index (χ4v) is 3.71. The first-order valence-corrected chi connectivity index (χ1v) is 10.6. The van der Waals surface area contributed by atoms with Gasteiger partial charge >= 0.3 is 0 Å². The molecule has 2 aromatic rings. The van der Waals surface area contributed by atoms with E-state index in [9.17, 15) is 14.4 Å². The van der Waals surface area contributed by atoms with Gasteiger partial charge in [-0.1, -0.05) is 12.1 Å². The van der Waals surface area contributed by atoms with Crippen molar-refractivity contribution >= 4 is 17.7 Å². The Bertz CT molecular complexity index is 944. The summed E-state index contributed by atoms with van der Waals surface area (Å²) in [6, 6.07) is 12.2. The van der Waals surface area contributed by atoms with Crippen LogP contribution in [0.1, 0.15) is 39.1 Å².